The van der Waals surface area contributed by atoms with Crippen LogP contribution >= 0.6 is 0 Å². The molecule has 24 heavy (non-hydrogen) atoms. The van der Waals surface area contributed by atoms with E-state index in [1.54, 1.807) is 12.1 Å². The van der Waals surface area contributed by atoms with Gasteiger partial charge in [-0.1, -0.05) is 48.5 Å². The van der Waals surface area contributed by atoms with Crippen LogP contribution in [-0.2, 0) is 5.54 Å². The molecule has 0 atom stereocenters. The van der Waals surface area contributed by atoms with Gasteiger partial charge in [0.15, 0.2) is 0 Å². The summed E-state index contributed by atoms with van der Waals surface area (Å²) in [5, 5.41) is 7.88. The molecule has 0 heterocycles. The summed E-state index contributed by atoms with van der Waals surface area (Å²) in [6.07, 6.45) is 0. The topological polar surface area (TPSA) is 41.1 Å². The summed E-state index contributed by atoms with van der Waals surface area (Å²) in [5.41, 5.74) is 0.958. The number of urea groups is 1. The van der Waals surface area contributed by atoms with Crippen molar-refractivity contribution in [3.63, 3.8) is 0 Å². The molecule has 0 unspecified atom stereocenters. The number of anilines is 1. The molecule has 0 radical (unpaired) electrons. The molecule has 0 bridgehead atoms. The molecule has 3 nitrogen and oxygen atoms in total. The average Bonchev–Trinajstić information content (AvgIpc) is 2.55. The van der Waals surface area contributed by atoms with E-state index in [1.165, 1.54) is 12.1 Å². The number of amides is 2. The minimum absolute atomic E-state index is 0.297. The number of hydrogen-bond donors (Lipinski definition) is 2. The summed E-state index contributed by atoms with van der Waals surface area (Å²) in [5.74, 6) is -0.297. The SMILES string of the molecule is CC(C)(NC(=O)Nc1cccc2ccccc12)c1ccc(F)cc1. The summed E-state index contributed by atoms with van der Waals surface area (Å²) in [6, 6.07) is 19.5. The monoisotopic (exact) mass is 322 g/mol. The third-order valence-corrected chi connectivity index (χ3v) is 4.03. The van der Waals surface area contributed by atoms with Crippen LogP contribution in [0.2, 0.25) is 0 Å². The van der Waals surface area contributed by atoms with E-state index in [4.69, 9.17) is 0 Å². The Labute approximate surface area is 140 Å². The number of halogens is 1. The highest BCUT2D eigenvalue weighted by Crippen LogP contribution is 2.24. The Bertz CT molecular complexity index is 867. The minimum Gasteiger partial charge on any atom is -0.329 e. The normalized spacial score (nSPS) is 11.3. The van der Waals surface area contributed by atoms with Gasteiger partial charge in [-0.15, -0.1) is 0 Å². The first kappa shape index (κ1) is 16.0. The Morgan fingerprint density at radius 3 is 2.33 bits per heavy atom. The van der Waals surface area contributed by atoms with Crippen molar-refractivity contribution < 1.29 is 9.18 Å². The Balaban J connectivity index is 1.78. The molecule has 3 rings (SSSR count). The Kier molecular flexibility index (Phi) is 4.21. The molecular weight excluding hydrogens is 303 g/mol. The van der Waals surface area contributed by atoms with Crippen LogP contribution < -0.4 is 10.6 Å². The number of nitrogens with one attached hydrogen (secondary N) is 2. The minimum atomic E-state index is -0.623. The van der Waals surface area contributed by atoms with Gasteiger partial charge in [-0.25, -0.2) is 9.18 Å². The third kappa shape index (κ3) is 3.38. The maximum absolute atomic E-state index is 13.1. The largest absolute Gasteiger partial charge is 0.329 e. The zero-order chi connectivity index (χ0) is 17.2. The number of fused-ring (bicyclic) bond motifs is 1. The highest BCUT2D eigenvalue weighted by atomic mass is 19.1. The first-order valence-corrected chi connectivity index (χ1v) is 7.79. The number of carbonyl (C=O) groups is 1. The molecule has 4 heteroatoms. The molecule has 0 spiro atoms. The van der Waals surface area contributed by atoms with Crippen LogP contribution in [0.5, 0.6) is 0 Å². The quantitative estimate of drug-likeness (QED) is 0.697. The molecule has 0 aliphatic carbocycles. The molecule has 0 aliphatic heterocycles. The maximum Gasteiger partial charge on any atom is 0.319 e. The molecule has 122 valence electrons. The second-order valence-electron chi connectivity index (χ2n) is 6.24. The van der Waals surface area contributed by atoms with Gasteiger partial charge in [0, 0.05) is 5.39 Å². The number of carbonyl (C=O) groups excluding carboxylic acids is 1. The molecule has 0 aromatic heterocycles. The van der Waals surface area contributed by atoms with Gasteiger partial charge in [-0.05, 0) is 43.0 Å². The zero-order valence-corrected chi connectivity index (χ0v) is 13.6. The second kappa shape index (κ2) is 6.32. The van der Waals surface area contributed by atoms with Crippen LogP contribution in [0.1, 0.15) is 19.4 Å². The Morgan fingerprint density at radius 2 is 1.58 bits per heavy atom. The van der Waals surface area contributed by atoms with Gasteiger partial charge in [-0.2, -0.15) is 0 Å². The standard InChI is InChI=1S/C20H19FN2O/c1-20(2,15-10-12-16(21)13-11-15)23-19(24)22-18-9-5-7-14-6-3-4-8-17(14)18/h3-13H,1-2H3,(H2,22,23,24). The third-order valence-electron chi connectivity index (χ3n) is 4.03. The molecule has 2 amide bonds. The van der Waals surface area contributed by atoms with Crippen LogP contribution in [0.4, 0.5) is 14.9 Å². The summed E-state index contributed by atoms with van der Waals surface area (Å²) >= 11 is 0. The first-order chi connectivity index (χ1) is 11.5. The van der Waals surface area contributed by atoms with Crippen molar-refractivity contribution in [1.29, 1.82) is 0 Å². The lowest BCUT2D eigenvalue weighted by atomic mass is 9.94. The fourth-order valence-electron chi connectivity index (χ4n) is 2.71. The van der Waals surface area contributed by atoms with Crippen LogP contribution in [0, 0.1) is 5.82 Å². The van der Waals surface area contributed by atoms with Crippen molar-refractivity contribution in [3.8, 4) is 0 Å². The fraction of sp³-hybridized carbons (Fsp3) is 0.150. The highest BCUT2D eigenvalue weighted by molar-refractivity contribution is 6.01. The number of rotatable bonds is 3. The van der Waals surface area contributed by atoms with E-state index in [0.29, 0.717) is 0 Å². The lowest BCUT2D eigenvalue weighted by molar-refractivity contribution is 0.242. The smallest absolute Gasteiger partial charge is 0.319 e. The van der Waals surface area contributed by atoms with E-state index in [2.05, 4.69) is 10.6 Å². The molecule has 0 saturated carbocycles. The summed E-state index contributed by atoms with van der Waals surface area (Å²) in [4.78, 5) is 12.4. The predicted octanol–water partition coefficient (Wildman–Crippen LogP) is 5.04. The molecule has 2 N–H and O–H groups in total. The average molecular weight is 322 g/mol. The molecule has 3 aromatic carbocycles. The Hall–Kier alpha value is -2.88. The highest BCUT2D eigenvalue weighted by Gasteiger charge is 2.23. The second-order valence-corrected chi connectivity index (χ2v) is 6.24. The maximum atomic E-state index is 13.1. The lowest BCUT2D eigenvalue weighted by Crippen LogP contribution is -2.43. The van der Waals surface area contributed by atoms with Gasteiger partial charge in [0.25, 0.3) is 0 Å². The number of hydrogen-bond acceptors (Lipinski definition) is 1. The van der Waals surface area contributed by atoms with Gasteiger partial charge < -0.3 is 10.6 Å². The Morgan fingerprint density at radius 1 is 0.917 bits per heavy atom. The van der Waals surface area contributed by atoms with Crippen LogP contribution in [0.15, 0.2) is 66.7 Å². The van der Waals surface area contributed by atoms with Gasteiger partial charge >= 0.3 is 6.03 Å². The first-order valence-electron chi connectivity index (χ1n) is 7.79. The van der Waals surface area contributed by atoms with Crippen LogP contribution in [0.25, 0.3) is 10.8 Å². The lowest BCUT2D eigenvalue weighted by Gasteiger charge is -2.27. The van der Waals surface area contributed by atoms with Crippen molar-refractivity contribution in [3.05, 3.63) is 78.1 Å². The van der Waals surface area contributed by atoms with E-state index in [-0.39, 0.29) is 11.8 Å². The van der Waals surface area contributed by atoms with Crippen molar-refractivity contribution in [2.24, 2.45) is 0 Å². The summed E-state index contributed by atoms with van der Waals surface area (Å²) in [7, 11) is 0. The van der Waals surface area contributed by atoms with E-state index >= 15 is 0 Å². The molecule has 0 fully saturated rings. The van der Waals surface area contributed by atoms with Crippen LogP contribution in [0.3, 0.4) is 0 Å². The van der Waals surface area contributed by atoms with Crippen LogP contribution in [-0.4, -0.2) is 6.03 Å². The van der Waals surface area contributed by atoms with Gasteiger partial charge in [0.05, 0.1) is 11.2 Å². The van der Waals surface area contributed by atoms with E-state index in [0.717, 1.165) is 22.0 Å². The molecule has 3 aromatic rings. The molecular formula is C20H19FN2O. The van der Waals surface area contributed by atoms with Crippen molar-refractivity contribution in [2.75, 3.05) is 5.32 Å². The van der Waals surface area contributed by atoms with E-state index < -0.39 is 5.54 Å². The van der Waals surface area contributed by atoms with Gasteiger partial charge in [0.2, 0.25) is 0 Å². The molecule has 0 aliphatic rings. The summed E-state index contributed by atoms with van der Waals surface area (Å²) < 4.78 is 13.1. The predicted molar refractivity (Wildman–Crippen MR) is 95.5 cm³/mol. The molecule has 0 saturated heterocycles. The summed E-state index contributed by atoms with van der Waals surface area (Å²) in [6.45, 7) is 3.76. The van der Waals surface area contributed by atoms with E-state index in [1.807, 2.05) is 56.3 Å². The fourth-order valence-corrected chi connectivity index (χ4v) is 2.71. The van der Waals surface area contributed by atoms with Crippen molar-refractivity contribution in [2.45, 2.75) is 19.4 Å². The number of benzene rings is 3. The van der Waals surface area contributed by atoms with Gasteiger partial charge in [0.1, 0.15) is 5.82 Å². The zero-order valence-electron chi connectivity index (χ0n) is 13.6. The van der Waals surface area contributed by atoms with E-state index in [9.17, 15) is 9.18 Å². The van der Waals surface area contributed by atoms with Crippen molar-refractivity contribution >= 4 is 22.5 Å². The van der Waals surface area contributed by atoms with Crippen molar-refractivity contribution in [1.82, 2.24) is 5.32 Å². The van der Waals surface area contributed by atoms with Gasteiger partial charge in [-0.3, -0.25) is 0 Å².